The van der Waals surface area contributed by atoms with Crippen molar-refractivity contribution >= 4 is 23.1 Å². The Kier molecular flexibility index (Phi) is 6.08. The van der Waals surface area contributed by atoms with Crippen LogP contribution in [-0.2, 0) is 20.5 Å². The first-order valence-electron chi connectivity index (χ1n) is 9.38. The molecule has 1 aliphatic rings. The number of hydrogen-bond donors (Lipinski definition) is 2. The van der Waals surface area contributed by atoms with Crippen molar-refractivity contribution in [2.24, 2.45) is 0 Å². The first kappa shape index (κ1) is 22.4. The molecule has 1 heterocycles. The van der Waals surface area contributed by atoms with Gasteiger partial charge in [-0.2, -0.15) is 13.2 Å². The minimum absolute atomic E-state index is 0.0480. The van der Waals surface area contributed by atoms with Crippen LogP contribution in [0, 0.1) is 0 Å². The van der Waals surface area contributed by atoms with Crippen LogP contribution in [0.3, 0.4) is 0 Å². The van der Waals surface area contributed by atoms with Gasteiger partial charge in [-0.25, -0.2) is 0 Å². The first-order chi connectivity index (χ1) is 14.6. The lowest BCUT2D eigenvalue weighted by Crippen LogP contribution is -2.57. The molecule has 6 nitrogen and oxygen atoms in total. The van der Waals surface area contributed by atoms with Crippen LogP contribution >= 0.6 is 0 Å². The normalized spacial score (nSPS) is 15.0. The van der Waals surface area contributed by atoms with Gasteiger partial charge in [0.15, 0.2) is 6.73 Å². The molecule has 0 aromatic heterocycles. The molecule has 2 aromatic carbocycles. The van der Waals surface area contributed by atoms with Crippen molar-refractivity contribution in [2.75, 3.05) is 18.7 Å². The van der Waals surface area contributed by atoms with E-state index in [1.54, 1.807) is 30.3 Å². The molecule has 164 valence electrons. The summed E-state index contributed by atoms with van der Waals surface area (Å²) >= 11 is 0. The molecule has 2 aromatic rings. The first-order valence-corrected chi connectivity index (χ1v) is 9.38. The molecule has 9 heteroatoms. The molecule has 0 bridgehead atoms. The predicted octanol–water partition coefficient (Wildman–Crippen LogP) is 3.64. The van der Waals surface area contributed by atoms with Crippen LogP contribution in [0.1, 0.15) is 25.0 Å². The molecule has 0 atom stereocenters. The predicted molar refractivity (Wildman–Crippen MR) is 107 cm³/mol. The summed E-state index contributed by atoms with van der Waals surface area (Å²) in [5.74, 6) is -1.14. The number of alkyl halides is 3. The number of ether oxygens (including phenoxy) is 1. The van der Waals surface area contributed by atoms with E-state index in [2.05, 4.69) is 5.32 Å². The van der Waals surface area contributed by atoms with Crippen molar-refractivity contribution < 1.29 is 32.6 Å². The largest absolute Gasteiger partial charge is 0.474 e. The van der Waals surface area contributed by atoms with Crippen LogP contribution in [0.4, 0.5) is 18.9 Å². The van der Waals surface area contributed by atoms with Crippen LogP contribution < -0.4 is 5.32 Å². The summed E-state index contributed by atoms with van der Waals surface area (Å²) in [5, 5.41) is 12.0. The van der Waals surface area contributed by atoms with Crippen molar-refractivity contribution in [3.05, 3.63) is 71.5 Å². The third kappa shape index (κ3) is 4.56. The second-order valence-electron chi connectivity index (χ2n) is 7.42. The number of rotatable bonds is 5. The number of anilines is 1. The highest BCUT2D eigenvalue weighted by Gasteiger charge is 2.43. The summed E-state index contributed by atoms with van der Waals surface area (Å²) in [6.07, 6.45) is -4.55. The fourth-order valence-electron chi connectivity index (χ4n) is 3.14. The smallest absolute Gasteiger partial charge is 0.416 e. The highest BCUT2D eigenvalue weighted by atomic mass is 19.4. The highest BCUT2D eigenvalue weighted by molar-refractivity contribution is 6.22. The van der Waals surface area contributed by atoms with Crippen LogP contribution in [0.5, 0.6) is 0 Å². The van der Waals surface area contributed by atoms with Crippen LogP contribution in [-0.4, -0.2) is 40.7 Å². The van der Waals surface area contributed by atoms with Gasteiger partial charge in [0.1, 0.15) is 17.9 Å². The summed E-state index contributed by atoms with van der Waals surface area (Å²) in [5.41, 5.74) is -1.79. The maximum atomic E-state index is 13.2. The van der Waals surface area contributed by atoms with Gasteiger partial charge in [0.2, 0.25) is 5.91 Å². The standard InChI is InChI=1S/C22H21F3N2O4/c1-21(2,20(30)26-16-10-6-9-15(11-16)22(23,24)25)27-13-31-17(12-28)18(19(27)29)14-7-4-3-5-8-14/h3-11,28H,12-13H2,1-2H3,(H,26,30). The third-order valence-electron chi connectivity index (χ3n) is 4.99. The van der Waals surface area contributed by atoms with E-state index in [1.165, 1.54) is 26.0 Å². The maximum absolute atomic E-state index is 13.2. The van der Waals surface area contributed by atoms with Crippen molar-refractivity contribution in [3.8, 4) is 0 Å². The Bertz CT molecular complexity index is 1020. The Morgan fingerprint density at radius 2 is 1.81 bits per heavy atom. The van der Waals surface area contributed by atoms with Crippen LogP contribution in [0.15, 0.2) is 60.4 Å². The number of halogens is 3. The molecule has 2 amide bonds. The van der Waals surface area contributed by atoms with E-state index in [1.807, 2.05) is 0 Å². The topological polar surface area (TPSA) is 78.9 Å². The van der Waals surface area contributed by atoms with Gasteiger partial charge in [-0.3, -0.25) is 14.5 Å². The zero-order valence-electron chi connectivity index (χ0n) is 16.9. The zero-order chi connectivity index (χ0) is 22.8. The van der Waals surface area contributed by atoms with E-state index in [9.17, 15) is 27.9 Å². The molecule has 0 saturated carbocycles. The fraction of sp³-hybridized carbons (Fsp3) is 0.273. The van der Waals surface area contributed by atoms with Crippen molar-refractivity contribution in [3.63, 3.8) is 0 Å². The summed E-state index contributed by atoms with van der Waals surface area (Å²) in [7, 11) is 0. The van der Waals surface area contributed by atoms with E-state index in [4.69, 9.17) is 4.74 Å². The molecule has 0 saturated heterocycles. The van der Waals surface area contributed by atoms with Crippen LogP contribution in [0.2, 0.25) is 0 Å². The number of carbonyl (C=O) groups excluding carboxylic acids is 2. The average Bonchev–Trinajstić information content (AvgIpc) is 2.73. The minimum Gasteiger partial charge on any atom is -0.474 e. The third-order valence-corrected chi connectivity index (χ3v) is 4.99. The maximum Gasteiger partial charge on any atom is 0.416 e. The summed E-state index contributed by atoms with van der Waals surface area (Å²) in [4.78, 5) is 27.3. The van der Waals surface area contributed by atoms with E-state index in [0.717, 1.165) is 17.0 Å². The lowest BCUT2D eigenvalue weighted by molar-refractivity contribution is -0.147. The molecule has 0 spiro atoms. The molecule has 0 fully saturated rings. The lowest BCUT2D eigenvalue weighted by atomic mass is 9.96. The van der Waals surface area contributed by atoms with E-state index in [-0.39, 0.29) is 23.8 Å². The molecular formula is C22H21F3N2O4. The molecule has 3 rings (SSSR count). The summed E-state index contributed by atoms with van der Waals surface area (Å²) in [6.45, 7) is 2.13. The van der Waals surface area contributed by atoms with Gasteiger partial charge in [-0.1, -0.05) is 36.4 Å². The zero-order valence-corrected chi connectivity index (χ0v) is 16.9. The van der Waals surface area contributed by atoms with Gasteiger partial charge in [0.25, 0.3) is 5.91 Å². The van der Waals surface area contributed by atoms with Gasteiger partial charge >= 0.3 is 6.18 Å². The number of aliphatic hydroxyl groups excluding tert-OH is 1. The Hall–Kier alpha value is -3.33. The molecule has 0 unspecified atom stereocenters. The molecule has 1 aliphatic heterocycles. The molecule has 2 N–H and O–H groups in total. The second-order valence-corrected chi connectivity index (χ2v) is 7.42. The Labute approximate surface area is 176 Å². The monoisotopic (exact) mass is 434 g/mol. The Balaban J connectivity index is 1.87. The van der Waals surface area contributed by atoms with Crippen molar-refractivity contribution in [1.82, 2.24) is 4.90 Å². The Morgan fingerprint density at radius 3 is 2.42 bits per heavy atom. The second kappa shape index (κ2) is 8.43. The summed E-state index contributed by atoms with van der Waals surface area (Å²) in [6, 6.07) is 12.8. The number of amides is 2. The average molecular weight is 434 g/mol. The number of nitrogens with zero attached hydrogens (tertiary/aromatic N) is 1. The molecular weight excluding hydrogens is 413 g/mol. The van der Waals surface area contributed by atoms with Gasteiger partial charge < -0.3 is 15.2 Å². The van der Waals surface area contributed by atoms with Gasteiger partial charge in [-0.15, -0.1) is 0 Å². The number of hydrogen-bond acceptors (Lipinski definition) is 4. The molecule has 0 aliphatic carbocycles. The van der Waals surface area contributed by atoms with Gasteiger partial charge in [-0.05, 0) is 37.6 Å². The van der Waals surface area contributed by atoms with Crippen molar-refractivity contribution in [1.29, 1.82) is 0 Å². The Morgan fingerprint density at radius 1 is 1.13 bits per heavy atom. The highest BCUT2D eigenvalue weighted by Crippen LogP contribution is 2.33. The lowest BCUT2D eigenvalue weighted by Gasteiger charge is -2.40. The summed E-state index contributed by atoms with van der Waals surface area (Å²) < 4.78 is 44.4. The minimum atomic E-state index is -4.55. The van der Waals surface area contributed by atoms with E-state index in [0.29, 0.717) is 5.56 Å². The van der Waals surface area contributed by atoms with E-state index < -0.39 is 35.7 Å². The van der Waals surface area contributed by atoms with Crippen LogP contribution in [0.25, 0.3) is 5.57 Å². The molecule has 31 heavy (non-hydrogen) atoms. The molecule has 0 radical (unpaired) electrons. The van der Waals surface area contributed by atoms with Gasteiger partial charge in [0.05, 0.1) is 11.1 Å². The van der Waals surface area contributed by atoms with Gasteiger partial charge in [0, 0.05) is 5.69 Å². The number of carbonyl (C=O) groups is 2. The quantitative estimate of drug-likeness (QED) is 0.753. The number of nitrogens with one attached hydrogen (secondary N) is 1. The fourth-order valence-corrected chi connectivity index (χ4v) is 3.14. The SMILES string of the molecule is CC(C)(C(=O)Nc1cccc(C(F)(F)F)c1)N1COC(CO)=C(c2ccccc2)C1=O. The van der Waals surface area contributed by atoms with Crippen molar-refractivity contribution in [2.45, 2.75) is 25.6 Å². The number of benzene rings is 2. The van der Waals surface area contributed by atoms with E-state index >= 15 is 0 Å². The number of aliphatic hydroxyl groups is 1.